The lowest BCUT2D eigenvalue weighted by Gasteiger charge is -2.19. The molecule has 1 amide bonds. The van der Waals surface area contributed by atoms with Crippen LogP contribution in [-0.2, 0) is 6.54 Å². The molecule has 7 heteroatoms. The van der Waals surface area contributed by atoms with E-state index in [9.17, 15) is 4.79 Å². The lowest BCUT2D eigenvalue weighted by molar-refractivity contribution is 0.0985. The second-order valence-electron chi connectivity index (χ2n) is 6.05. The molecule has 2 aromatic heterocycles. The number of carbonyl (C=O) groups is 1. The normalized spacial score (nSPS) is 10.8. The number of anilines is 1. The van der Waals surface area contributed by atoms with Gasteiger partial charge in [-0.3, -0.25) is 14.7 Å². The third kappa shape index (κ3) is 3.90. The first kappa shape index (κ1) is 18.6. The zero-order valence-electron chi connectivity index (χ0n) is 15.0. The number of methoxy groups -OCH3 is 1. The Morgan fingerprint density at radius 1 is 1.14 bits per heavy atom. The number of ether oxygens (including phenoxy) is 1. The van der Waals surface area contributed by atoms with Crippen LogP contribution in [-0.4, -0.2) is 23.0 Å². The van der Waals surface area contributed by atoms with Crippen molar-refractivity contribution in [1.29, 1.82) is 0 Å². The van der Waals surface area contributed by atoms with Crippen LogP contribution in [0.4, 0.5) is 5.13 Å². The van der Waals surface area contributed by atoms with E-state index < -0.39 is 0 Å². The fourth-order valence-corrected chi connectivity index (χ4v) is 4.02. The minimum atomic E-state index is -0.121. The van der Waals surface area contributed by atoms with Crippen molar-refractivity contribution in [3.05, 3.63) is 82.6 Å². The number of thiazole rings is 1. The zero-order valence-corrected chi connectivity index (χ0v) is 17.4. The highest BCUT2D eigenvalue weighted by Crippen LogP contribution is 2.33. The molecule has 4 aromatic rings. The molecule has 4 rings (SSSR count). The first-order chi connectivity index (χ1) is 13.6. The highest BCUT2D eigenvalue weighted by Gasteiger charge is 2.22. The number of aromatic nitrogens is 2. The van der Waals surface area contributed by atoms with Gasteiger partial charge in [0, 0.05) is 16.2 Å². The van der Waals surface area contributed by atoms with Gasteiger partial charge in [0.15, 0.2) is 5.13 Å². The summed E-state index contributed by atoms with van der Waals surface area (Å²) in [5.41, 5.74) is 2.22. The molecule has 0 atom stereocenters. The molecule has 2 aromatic carbocycles. The molecular formula is C21H16BrN3O2S. The average Bonchev–Trinajstić information content (AvgIpc) is 3.15. The third-order valence-corrected chi connectivity index (χ3v) is 5.77. The molecule has 0 saturated heterocycles. The number of amides is 1. The first-order valence-electron chi connectivity index (χ1n) is 8.56. The summed E-state index contributed by atoms with van der Waals surface area (Å²) in [6, 6.07) is 18.7. The lowest BCUT2D eigenvalue weighted by atomic mass is 10.2. The van der Waals surface area contributed by atoms with E-state index in [1.165, 1.54) is 11.3 Å². The van der Waals surface area contributed by atoms with Gasteiger partial charge < -0.3 is 4.74 Å². The Kier molecular flexibility index (Phi) is 5.36. The lowest BCUT2D eigenvalue weighted by Crippen LogP contribution is -2.30. The van der Waals surface area contributed by atoms with Gasteiger partial charge in [-0.1, -0.05) is 33.3 Å². The molecule has 28 heavy (non-hydrogen) atoms. The highest BCUT2D eigenvalue weighted by molar-refractivity contribution is 9.10. The molecule has 0 radical (unpaired) electrons. The van der Waals surface area contributed by atoms with E-state index >= 15 is 0 Å². The maximum absolute atomic E-state index is 13.3. The third-order valence-electron chi connectivity index (χ3n) is 4.20. The van der Waals surface area contributed by atoms with Gasteiger partial charge in [0.1, 0.15) is 5.75 Å². The summed E-state index contributed by atoms with van der Waals surface area (Å²) in [5, 5.41) is 0.627. The van der Waals surface area contributed by atoms with E-state index in [2.05, 4.69) is 25.9 Å². The van der Waals surface area contributed by atoms with Crippen LogP contribution >= 0.6 is 27.3 Å². The van der Waals surface area contributed by atoms with E-state index in [0.717, 1.165) is 26.1 Å². The van der Waals surface area contributed by atoms with Crippen molar-refractivity contribution in [2.45, 2.75) is 6.54 Å². The number of hydrogen-bond donors (Lipinski definition) is 0. The molecule has 0 aliphatic carbocycles. The van der Waals surface area contributed by atoms with Crippen molar-refractivity contribution in [2.75, 3.05) is 12.0 Å². The van der Waals surface area contributed by atoms with Gasteiger partial charge in [-0.15, -0.1) is 0 Å². The minimum absolute atomic E-state index is 0.121. The van der Waals surface area contributed by atoms with Gasteiger partial charge in [-0.2, -0.15) is 0 Å². The number of benzene rings is 2. The van der Waals surface area contributed by atoms with Crippen LogP contribution in [0.3, 0.4) is 0 Å². The molecule has 0 unspecified atom stereocenters. The van der Waals surface area contributed by atoms with E-state index in [0.29, 0.717) is 17.2 Å². The molecular weight excluding hydrogens is 438 g/mol. The average molecular weight is 454 g/mol. The van der Waals surface area contributed by atoms with Gasteiger partial charge in [0.2, 0.25) is 0 Å². The Morgan fingerprint density at radius 2 is 1.96 bits per heavy atom. The Hall–Kier alpha value is -2.77. The van der Waals surface area contributed by atoms with Crippen LogP contribution < -0.4 is 9.64 Å². The van der Waals surface area contributed by atoms with Crippen LogP contribution in [0.5, 0.6) is 5.75 Å². The first-order valence-corrected chi connectivity index (χ1v) is 10.2. The smallest absolute Gasteiger partial charge is 0.260 e. The van der Waals surface area contributed by atoms with Crippen LogP contribution in [0.15, 0.2) is 71.3 Å². The molecule has 2 heterocycles. The summed E-state index contributed by atoms with van der Waals surface area (Å²) in [6.07, 6.45) is 1.72. The summed E-state index contributed by atoms with van der Waals surface area (Å²) in [6.45, 7) is 0.340. The highest BCUT2D eigenvalue weighted by atomic mass is 79.9. The standard InChI is InChI=1S/C21H16BrN3O2S/c1-27-17-9-10-18-19(12-17)28-21(24-18)25(13-16-4-2-3-11-23-16)20(26)14-5-7-15(22)8-6-14/h2-12H,13H2,1H3. The van der Waals surface area contributed by atoms with Gasteiger partial charge in [-0.25, -0.2) is 4.98 Å². The van der Waals surface area contributed by atoms with Crippen LogP contribution in [0.25, 0.3) is 10.2 Å². The summed E-state index contributed by atoms with van der Waals surface area (Å²) >= 11 is 4.87. The largest absolute Gasteiger partial charge is 0.497 e. The number of carbonyl (C=O) groups excluding carboxylic acids is 1. The van der Waals surface area contributed by atoms with Crippen LogP contribution in [0.2, 0.25) is 0 Å². The molecule has 0 saturated carbocycles. The van der Waals surface area contributed by atoms with Crippen molar-refractivity contribution in [3.8, 4) is 5.75 Å². The molecule has 0 bridgehead atoms. The second kappa shape index (κ2) is 8.08. The van der Waals surface area contributed by atoms with Crippen molar-refractivity contribution in [3.63, 3.8) is 0 Å². The Morgan fingerprint density at radius 3 is 2.68 bits per heavy atom. The minimum Gasteiger partial charge on any atom is -0.497 e. The number of hydrogen-bond acceptors (Lipinski definition) is 5. The number of fused-ring (bicyclic) bond motifs is 1. The van der Waals surface area contributed by atoms with Crippen molar-refractivity contribution < 1.29 is 9.53 Å². The van der Waals surface area contributed by atoms with E-state index in [1.54, 1.807) is 30.3 Å². The molecule has 0 spiro atoms. The fourth-order valence-electron chi connectivity index (χ4n) is 2.76. The predicted molar refractivity (Wildman–Crippen MR) is 115 cm³/mol. The Balaban J connectivity index is 1.75. The fraction of sp³-hybridized carbons (Fsp3) is 0.0952. The summed E-state index contributed by atoms with van der Waals surface area (Å²) in [4.78, 5) is 24.0. The number of pyridine rings is 1. The van der Waals surface area contributed by atoms with Crippen molar-refractivity contribution in [2.24, 2.45) is 0 Å². The summed E-state index contributed by atoms with van der Waals surface area (Å²) in [7, 11) is 1.63. The Bertz CT molecular complexity index is 1110. The quantitative estimate of drug-likeness (QED) is 0.410. The van der Waals surface area contributed by atoms with Gasteiger partial charge >= 0.3 is 0 Å². The molecule has 0 N–H and O–H groups in total. The molecule has 0 fully saturated rings. The SMILES string of the molecule is COc1ccc2nc(N(Cc3ccccn3)C(=O)c3ccc(Br)cc3)sc2c1. The van der Waals surface area contributed by atoms with Crippen molar-refractivity contribution in [1.82, 2.24) is 9.97 Å². The molecule has 0 aliphatic heterocycles. The predicted octanol–water partition coefficient (Wildman–Crippen LogP) is 5.31. The summed E-state index contributed by atoms with van der Waals surface area (Å²) < 4.78 is 7.19. The van der Waals surface area contributed by atoms with E-state index in [-0.39, 0.29) is 5.91 Å². The molecule has 140 valence electrons. The second-order valence-corrected chi connectivity index (χ2v) is 7.97. The maximum atomic E-state index is 13.3. The topological polar surface area (TPSA) is 55.3 Å². The number of rotatable bonds is 5. The van der Waals surface area contributed by atoms with E-state index in [4.69, 9.17) is 4.74 Å². The van der Waals surface area contributed by atoms with Crippen LogP contribution in [0.1, 0.15) is 16.1 Å². The van der Waals surface area contributed by atoms with Crippen molar-refractivity contribution >= 4 is 48.5 Å². The van der Waals surface area contributed by atoms with Gasteiger partial charge in [0.25, 0.3) is 5.91 Å². The van der Waals surface area contributed by atoms with Crippen LogP contribution in [0, 0.1) is 0 Å². The van der Waals surface area contributed by atoms with Gasteiger partial charge in [0.05, 0.1) is 29.6 Å². The Labute approximate surface area is 174 Å². The van der Waals surface area contributed by atoms with E-state index in [1.807, 2.05) is 48.5 Å². The zero-order chi connectivity index (χ0) is 19.5. The number of nitrogens with zero attached hydrogens (tertiary/aromatic N) is 3. The van der Waals surface area contributed by atoms with Gasteiger partial charge in [-0.05, 0) is 54.6 Å². The maximum Gasteiger partial charge on any atom is 0.260 e. The monoisotopic (exact) mass is 453 g/mol. The summed E-state index contributed by atoms with van der Waals surface area (Å²) in [5.74, 6) is 0.641. The molecule has 5 nitrogen and oxygen atoms in total. The molecule has 0 aliphatic rings. The number of halogens is 1.